The number of ether oxygens (including phenoxy) is 1. The number of piperidine rings is 1. The maximum atomic E-state index is 14.1. The van der Waals surface area contributed by atoms with Gasteiger partial charge in [-0.15, -0.1) is 11.3 Å². The number of nitrogens with one attached hydrogen (secondary N) is 1. The average molecular weight is 611 g/mol. The Hall–Kier alpha value is -3.69. The summed E-state index contributed by atoms with van der Waals surface area (Å²) in [6.45, 7) is 4.57. The van der Waals surface area contributed by atoms with Crippen LogP contribution in [0, 0.1) is 0 Å². The lowest BCUT2D eigenvalue weighted by molar-refractivity contribution is -0.134. The Morgan fingerprint density at radius 3 is 2.43 bits per heavy atom. The number of anilines is 1. The number of amides is 1. The van der Waals surface area contributed by atoms with Crippen LogP contribution in [0.5, 0.6) is 5.75 Å². The van der Waals surface area contributed by atoms with Gasteiger partial charge in [0.1, 0.15) is 11.3 Å². The standard InChI is InChI=1S/C36H42N4O3S/c1-43-32-15-13-28(14-16-32)24-37-25-31(41)26-39-27-40(30-9-3-2-4-10-30)36(35(39)42)18-21-38(22-19-36)20-17-29-8-5-6-11-33(29)34-12-7-23-44-34/h2-16,23,31,37,41H,17-22,24-27H2,1H3/t31-/m0/s1. The van der Waals surface area contributed by atoms with Crippen molar-refractivity contribution in [1.29, 1.82) is 0 Å². The molecule has 0 unspecified atom stereocenters. The van der Waals surface area contributed by atoms with Crippen molar-refractivity contribution in [1.82, 2.24) is 15.1 Å². The number of carbonyl (C=O) groups is 1. The molecule has 0 radical (unpaired) electrons. The van der Waals surface area contributed by atoms with Crippen molar-refractivity contribution in [2.24, 2.45) is 0 Å². The lowest BCUT2D eigenvalue weighted by Gasteiger charge is -2.43. The molecule has 3 aromatic carbocycles. The van der Waals surface area contributed by atoms with Gasteiger partial charge in [-0.1, -0.05) is 60.7 Å². The van der Waals surface area contributed by atoms with Crippen LogP contribution >= 0.6 is 11.3 Å². The van der Waals surface area contributed by atoms with Gasteiger partial charge in [-0.2, -0.15) is 0 Å². The number of benzene rings is 3. The number of para-hydroxylation sites is 1. The fourth-order valence-corrected chi connectivity index (χ4v) is 7.41. The van der Waals surface area contributed by atoms with Gasteiger partial charge in [0.15, 0.2) is 0 Å². The van der Waals surface area contributed by atoms with Crippen LogP contribution in [0.15, 0.2) is 96.4 Å². The highest BCUT2D eigenvalue weighted by Crippen LogP contribution is 2.39. The van der Waals surface area contributed by atoms with E-state index in [1.165, 1.54) is 16.0 Å². The summed E-state index contributed by atoms with van der Waals surface area (Å²) in [6, 6.07) is 31.2. The van der Waals surface area contributed by atoms with E-state index in [2.05, 4.69) is 69.0 Å². The van der Waals surface area contributed by atoms with Gasteiger partial charge in [0.05, 0.1) is 19.9 Å². The summed E-state index contributed by atoms with van der Waals surface area (Å²) >= 11 is 1.78. The maximum Gasteiger partial charge on any atom is 0.250 e. The number of aliphatic hydroxyl groups excluding tert-OH is 1. The first kappa shape index (κ1) is 30.3. The van der Waals surface area contributed by atoms with Crippen LogP contribution in [-0.4, -0.2) is 79.0 Å². The van der Waals surface area contributed by atoms with Crippen molar-refractivity contribution in [3.63, 3.8) is 0 Å². The molecular weight excluding hydrogens is 568 g/mol. The van der Waals surface area contributed by atoms with Crippen molar-refractivity contribution in [2.75, 3.05) is 51.4 Å². The Morgan fingerprint density at radius 1 is 0.955 bits per heavy atom. The smallest absolute Gasteiger partial charge is 0.250 e. The second kappa shape index (κ2) is 13.9. The van der Waals surface area contributed by atoms with Gasteiger partial charge in [-0.3, -0.25) is 4.79 Å². The molecule has 1 atom stereocenters. The monoisotopic (exact) mass is 610 g/mol. The lowest BCUT2D eigenvalue weighted by atomic mass is 9.85. The number of thiophene rings is 1. The van der Waals surface area contributed by atoms with Crippen LogP contribution in [0.4, 0.5) is 5.69 Å². The van der Waals surface area contributed by atoms with Gasteiger partial charge in [0.2, 0.25) is 5.91 Å². The van der Waals surface area contributed by atoms with E-state index in [0.29, 0.717) is 26.3 Å². The molecule has 2 saturated heterocycles. The minimum Gasteiger partial charge on any atom is -0.497 e. The predicted molar refractivity (Wildman–Crippen MR) is 178 cm³/mol. The highest BCUT2D eigenvalue weighted by molar-refractivity contribution is 7.13. The van der Waals surface area contributed by atoms with E-state index in [9.17, 15) is 9.90 Å². The third-order valence-corrected chi connectivity index (χ3v) is 9.97. The summed E-state index contributed by atoms with van der Waals surface area (Å²) in [7, 11) is 1.66. The van der Waals surface area contributed by atoms with Crippen LogP contribution in [0.25, 0.3) is 10.4 Å². The third-order valence-electron chi connectivity index (χ3n) is 9.07. The van der Waals surface area contributed by atoms with Crippen LogP contribution in [0.2, 0.25) is 0 Å². The second-order valence-electron chi connectivity index (χ2n) is 11.8. The number of hydrogen-bond donors (Lipinski definition) is 2. The molecule has 1 aromatic heterocycles. The van der Waals surface area contributed by atoms with Crippen molar-refractivity contribution < 1.29 is 14.6 Å². The van der Waals surface area contributed by atoms with Crippen LogP contribution in [0.3, 0.4) is 0 Å². The molecular formula is C36H42N4O3S. The van der Waals surface area contributed by atoms with E-state index in [1.807, 2.05) is 47.4 Å². The van der Waals surface area contributed by atoms with Crippen molar-refractivity contribution >= 4 is 22.9 Å². The van der Waals surface area contributed by atoms with Gasteiger partial charge in [0.25, 0.3) is 0 Å². The molecule has 230 valence electrons. The molecule has 3 heterocycles. The van der Waals surface area contributed by atoms with Crippen molar-refractivity contribution in [3.8, 4) is 16.2 Å². The molecule has 44 heavy (non-hydrogen) atoms. The van der Waals surface area contributed by atoms with E-state index in [-0.39, 0.29) is 5.91 Å². The van der Waals surface area contributed by atoms with Gasteiger partial charge in [0, 0.05) is 49.8 Å². The van der Waals surface area contributed by atoms with Gasteiger partial charge in [-0.25, -0.2) is 0 Å². The van der Waals surface area contributed by atoms with Crippen molar-refractivity contribution in [3.05, 3.63) is 108 Å². The van der Waals surface area contributed by atoms with Crippen LogP contribution in [-0.2, 0) is 17.8 Å². The summed E-state index contributed by atoms with van der Waals surface area (Å²) in [6.07, 6.45) is 1.87. The minimum absolute atomic E-state index is 0.137. The molecule has 7 nitrogen and oxygen atoms in total. The van der Waals surface area contributed by atoms with E-state index in [0.717, 1.165) is 55.9 Å². The maximum absolute atomic E-state index is 14.1. The fraction of sp³-hybridized carbons (Fsp3) is 0.361. The first-order valence-electron chi connectivity index (χ1n) is 15.5. The zero-order valence-electron chi connectivity index (χ0n) is 25.4. The van der Waals surface area contributed by atoms with E-state index in [1.54, 1.807) is 18.4 Å². The Labute approximate surface area is 264 Å². The van der Waals surface area contributed by atoms with E-state index < -0.39 is 11.6 Å². The molecule has 0 saturated carbocycles. The number of rotatable bonds is 12. The van der Waals surface area contributed by atoms with Crippen LogP contribution < -0.4 is 15.0 Å². The highest BCUT2D eigenvalue weighted by atomic mass is 32.1. The molecule has 1 spiro atoms. The zero-order valence-corrected chi connectivity index (χ0v) is 26.2. The number of aliphatic hydroxyl groups is 1. The lowest BCUT2D eigenvalue weighted by Crippen LogP contribution is -2.56. The molecule has 1 amide bonds. The molecule has 2 N–H and O–H groups in total. The Balaban J connectivity index is 1.08. The number of methoxy groups -OCH3 is 1. The molecule has 0 aliphatic carbocycles. The Bertz CT molecular complexity index is 1490. The summed E-state index contributed by atoms with van der Waals surface area (Å²) in [5, 5.41) is 16.4. The first-order chi connectivity index (χ1) is 21.6. The molecule has 6 rings (SSSR count). The largest absolute Gasteiger partial charge is 0.497 e. The summed E-state index contributed by atoms with van der Waals surface area (Å²) < 4.78 is 5.23. The second-order valence-corrected chi connectivity index (χ2v) is 12.8. The SMILES string of the molecule is COc1ccc(CNC[C@H](O)CN2CN(c3ccccc3)C3(CCN(CCc4ccccc4-c4cccs4)CC3)C2=O)cc1. The number of nitrogens with zero attached hydrogens (tertiary/aromatic N) is 3. The first-order valence-corrected chi connectivity index (χ1v) is 16.4. The number of hydrogen-bond acceptors (Lipinski definition) is 7. The predicted octanol–water partition coefficient (Wildman–Crippen LogP) is 5.26. The fourth-order valence-electron chi connectivity index (χ4n) is 6.62. The number of carbonyl (C=O) groups excluding carboxylic acids is 1. The Morgan fingerprint density at radius 2 is 1.70 bits per heavy atom. The third kappa shape index (κ3) is 6.69. The van der Waals surface area contributed by atoms with Gasteiger partial charge >= 0.3 is 0 Å². The normalized spacial score (nSPS) is 17.4. The number of β-amino-alcohol motifs (C(OH)–C–C–N with tert-alkyl or cyclic N) is 1. The average Bonchev–Trinajstić information content (AvgIpc) is 3.69. The molecule has 2 fully saturated rings. The molecule has 2 aliphatic heterocycles. The molecule has 8 heteroatoms. The van der Waals surface area contributed by atoms with Gasteiger partial charge < -0.3 is 29.9 Å². The van der Waals surface area contributed by atoms with Crippen molar-refractivity contribution in [2.45, 2.75) is 37.5 Å². The van der Waals surface area contributed by atoms with E-state index >= 15 is 0 Å². The van der Waals surface area contributed by atoms with Gasteiger partial charge in [-0.05, 0) is 71.7 Å². The Kier molecular flexibility index (Phi) is 9.62. The van der Waals surface area contributed by atoms with E-state index in [4.69, 9.17) is 4.74 Å². The highest BCUT2D eigenvalue weighted by Gasteiger charge is 2.53. The quantitative estimate of drug-likeness (QED) is 0.228. The summed E-state index contributed by atoms with van der Waals surface area (Å²) in [5.41, 5.74) is 4.30. The molecule has 2 aliphatic rings. The zero-order chi connectivity index (χ0) is 30.4. The number of likely N-dealkylation sites (tertiary alicyclic amines) is 1. The summed E-state index contributed by atoms with van der Waals surface area (Å²) in [5.74, 6) is 0.960. The summed E-state index contributed by atoms with van der Waals surface area (Å²) in [4.78, 5) is 22.1. The topological polar surface area (TPSA) is 68.3 Å². The molecule has 4 aromatic rings. The molecule has 0 bridgehead atoms. The van der Waals surface area contributed by atoms with Crippen LogP contribution in [0.1, 0.15) is 24.0 Å². The minimum atomic E-state index is -0.659.